The number of esters is 2. The number of rotatable bonds is 2. The molecule has 1 aliphatic heterocycles. The van der Waals surface area contributed by atoms with E-state index in [1.54, 1.807) is 0 Å². The van der Waals surface area contributed by atoms with Gasteiger partial charge in [0.05, 0.1) is 6.61 Å². The zero-order valence-electron chi connectivity index (χ0n) is 9.85. The summed E-state index contributed by atoms with van der Waals surface area (Å²) in [5, 5.41) is 0. The number of cyclic esters (lactones) is 1. The third kappa shape index (κ3) is 1.30. The van der Waals surface area contributed by atoms with Crippen molar-refractivity contribution >= 4 is 11.9 Å². The first-order valence-corrected chi connectivity index (χ1v) is 6.09. The molecule has 5 atom stereocenters. The predicted molar refractivity (Wildman–Crippen MR) is 58.8 cm³/mol. The van der Waals surface area contributed by atoms with Crippen LogP contribution in [0.5, 0.6) is 0 Å². The van der Waals surface area contributed by atoms with Gasteiger partial charge in [0.1, 0.15) is 11.5 Å². The van der Waals surface area contributed by atoms with Crippen molar-refractivity contribution in [2.75, 3.05) is 6.61 Å². The Kier molecular flexibility index (Phi) is 2.12. The fraction of sp³-hybridized carbons (Fsp3) is 0.692. The molecule has 0 N–H and O–H groups in total. The molecule has 0 amide bonds. The summed E-state index contributed by atoms with van der Waals surface area (Å²) in [6.45, 7) is 6.07. The van der Waals surface area contributed by atoms with Crippen molar-refractivity contribution in [3.8, 4) is 0 Å². The molecule has 3 rings (SSSR count). The summed E-state index contributed by atoms with van der Waals surface area (Å²) >= 11 is 0. The van der Waals surface area contributed by atoms with Crippen molar-refractivity contribution in [2.45, 2.75) is 25.4 Å². The minimum absolute atomic E-state index is 0.193. The molecule has 1 saturated heterocycles. The summed E-state index contributed by atoms with van der Waals surface area (Å²) in [6, 6.07) is 0. The normalized spacial score (nSPS) is 46.5. The third-order valence-electron chi connectivity index (χ3n) is 4.67. The van der Waals surface area contributed by atoms with E-state index in [1.165, 1.54) is 6.08 Å². The highest BCUT2D eigenvalue weighted by Gasteiger charge is 2.68. The first kappa shape index (κ1) is 10.8. The monoisotopic (exact) mass is 236 g/mol. The van der Waals surface area contributed by atoms with E-state index in [9.17, 15) is 9.59 Å². The van der Waals surface area contributed by atoms with Gasteiger partial charge in [0.15, 0.2) is 0 Å². The largest absolute Gasteiger partial charge is 0.465 e. The van der Waals surface area contributed by atoms with Crippen LogP contribution in [-0.4, -0.2) is 24.1 Å². The Labute approximate surface area is 100.0 Å². The molecule has 3 fully saturated rings. The number of hydrogen-bond donors (Lipinski definition) is 0. The number of carbonyl (C=O) groups is 2. The lowest BCUT2D eigenvalue weighted by Crippen LogP contribution is -2.44. The predicted octanol–water partition coefficient (Wildman–Crippen LogP) is 1.30. The van der Waals surface area contributed by atoms with Crippen molar-refractivity contribution in [1.82, 2.24) is 0 Å². The Morgan fingerprint density at radius 1 is 1.53 bits per heavy atom. The number of hydrogen-bond acceptors (Lipinski definition) is 4. The van der Waals surface area contributed by atoms with E-state index in [0.29, 0.717) is 18.4 Å². The maximum Gasteiger partial charge on any atom is 0.330 e. The van der Waals surface area contributed by atoms with Gasteiger partial charge in [0.2, 0.25) is 0 Å². The molecule has 1 heterocycles. The van der Waals surface area contributed by atoms with Crippen LogP contribution in [0, 0.1) is 23.7 Å². The van der Waals surface area contributed by atoms with Crippen molar-refractivity contribution in [2.24, 2.45) is 23.7 Å². The smallest absolute Gasteiger partial charge is 0.330 e. The van der Waals surface area contributed by atoms with Crippen LogP contribution in [0.1, 0.15) is 19.8 Å². The van der Waals surface area contributed by atoms with E-state index in [4.69, 9.17) is 9.47 Å². The molecule has 0 radical (unpaired) electrons. The molecule has 92 valence electrons. The summed E-state index contributed by atoms with van der Waals surface area (Å²) in [7, 11) is 0. The topological polar surface area (TPSA) is 52.6 Å². The number of ether oxygens (including phenoxy) is 2. The van der Waals surface area contributed by atoms with Crippen LogP contribution in [0.3, 0.4) is 0 Å². The molecule has 0 aromatic heterocycles. The maximum absolute atomic E-state index is 11.8. The van der Waals surface area contributed by atoms with Gasteiger partial charge >= 0.3 is 11.9 Å². The van der Waals surface area contributed by atoms with Crippen LogP contribution in [0.25, 0.3) is 0 Å². The zero-order valence-corrected chi connectivity index (χ0v) is 9.85. The van der Waals surface area contributed by atoms with Crippen LogP contribution in [0.4, 0.5) is 0 Å². The van der Waals surface area contributed by atoms with Gasteiger partial charge in [-0.25, -0.2) is 4.79 Å². The Hall–Kier alpha value is -1.32. The Morgan fingerprint density at radius 2 is 2.29 bits per heavy atom. The minimum Gasteiger partial charge on any atom is -0.465 e. The van der Waals surface area contributed by atoms with Crippen molar-refractivity contribution in [3.63, 3.8) is 0 Å². The fourth-order valence-electron chi connectivity index (χ4n) is 4.11. The third-order valence-corrected chi connectivity index (χ3v) is 4.67. The van der Waals surface area contributed by atoms with E-state index < -0.39 is 11.6 Å². The minimum atomic E-state index is -0.617. The molecule has 17 heavy (non-hydrogen) atoms. The molecule has 2 aliphatic carbocycles. The van der Waals surface area contributed by atoms with Crippen LogP contribution < -0.4 is 0 Å². The number of fused-ring (bicyclic) bond motifs is 5. The first-order chi connectivity index (χ1) is 8.07. The van der Waals surface area contributed by atoms with Gasteiger partial charge in [-0.3, -0.25) is 4.79 Å². The molecule has 2 saturated carbocycles. The fourth-order valence-corrected chi connectivity index (χ4v) is 4.11. The second kappa shape index (κ2) is 3.34. The summed E-state index contributed by atoms with van der Waals surface area (Å²) < 4.78 is 10.7. The zero-order chi connectivity index (χ0) is 12.2. The second-order valence-electron chi connectivity index (χ2n) is 5.51. The Bertz CT molecular complexity index is 402. The molecule has 0 aromatic rings. The molecular formula is C13H16O4. The summed E-state index contributed by atoms with van der Waals surface area (Å²) in [4.78, 5) is 23.2. The van der Waals surface area contributed by atoms with Gasteiger partial charge in [0.25, 0.3) is 0 Å². The van der Waals surface area contributed by atoms with Gasteiger partial charge in [-0.2, -0.15) is 0 Å². The van der Waals surface area contributed by atoms with Crippen LogP contribution >= 0.6 is 0 Å². The molecule has 4 nitrogen and oxygen atoms in total. The molecule has 0 aromatic carbocycles. The summed E-state index contributed by atoms with van der Waals surface area (Å²) in [6.07, 6.45) is 2.74. The highest BCUT2D eigenvalue weighted by molar-refractivity contribution is 5.83. The van der Waals surface area contributed by atoms with E-state index in [2.05, 4.69) is 13.5 Å². The summed E-state index contributed by atoms with van der Waals surface area (Å²) in [5.41, 5.74) is -0.617. The van der Waals surface area contributed by atoms with E-state index in [1.807, 2.05) is 0 Å². The van der Waals surface area contributed by atoms with Gasteiger partial charge in [-0.15, -0.1) is 0 Å². The SMILES string of the molecule is C=CC(=O)OC12CC(C)C(C1)C1COC(=O)C12. The van der Waals surface area contributed by atoms with Crippen molar-refractivity contribution in [1.29, 1.82) is 0 Å². The second-order valence-corrected chi connectivity index (χ2v) is 5.51. The Morgan fingerprint density at radius 3 is 3.00 bits per heavy atom. The van der Waals surface area contributed by atoms with Gasteiger partial charge in [-0.05, 0) is 24.7 Å². The molecule has 5 unspecified atom stereocenters. The molecule has 4 heteroatoms. The van der Waals surface area contributed by atoms with Crippen LogP contribution in [-0.2, 0) is 19.1 Å². The standard InChI is InChI=1S/C13H16O4/c1-3-10(14)17-13-4-7(2)8(5-13)9-6-16-12(15)11(9)13/h3,7-9,11H,1,4-6H2,2H3. The maximum atomic E-state index is 11.8. The molecule has 2 bridgehead atoms. The molecule has 3 aliphatic rings. The van der Waals surface area contributed by atoms with E-state index in [-0.39, 0.29) is 17.8 Å². The van der Waals surface area contributed by atoms with Crippen molar-refractivity contribution in [3.05, 3.63) is 12.7 Å². The van der Waals surface area contributed by atoms with Crippen LogP contribution in [0.15, 0.2) is 12.7 Å². The Balaban J connectivity index is 1.94. The first-order valence-electron chi connectivity index (χ1n) is 6.09. The van der Waals surface area contributed by atoms with Gasteiger partial charge in [-0.1, -0.05) is 13.5 Å². The molecule has 0 spiro atoms. The lowest BCUT2D eigenvalue weighted by atomic mass is 9.74. The summed E-state index contributed by atoms with van der Waals surface area (Å²) in [5.74, 6) is 0.309. The van der Waals surface area contributed by atoms with Crippen molar-refractivity contribution < 1.29 is 19.1 Å². The van der Waals surface area contributed by atoms with Crippen LogP contribution in [0.2, 0.25) is 0 Å². The van der Waals surface area contributed by atoms with Gasteiger partial charge < -0.3 is 9.47 Å². The molecular weight excluding hydrogens is 220 g/mol. The average Bonchev–Trinajstić information content (AvgIpc) is 2.89. The van der Waals surface area contributed by atoms with E-state index in [0.717, 1.165) is 12.8 Å². The quantitative estimate of drug-likeness (QED) is 0.535. The lowest BCUT2D eigenvalue weighted by molar-refractivity contribution is -0.165. The number of carbonyl (C=O) groups excluding carboxylic acids is 2. The average molecular weight is 236 g/mol. The lowest BCUT2D eigenvalue weighted by Gasteiger charge is -2.34. The van der Waals surface area contributed by atoms with E-state index >= 15 is 0 Å². The highest BCUT2D eigenvalue weighted by Crippen LogP contribution is 2.61. The van der Waals surface area contributed by atoms with Gasteiger partial charge in [0, 0.05) is 12.0 Å². The highest BCUT2D eigenvalue weighted by atomic mass is 16.6.